The van der Waals surface area contributed by atoms with Crippen molar-refractivity contribution < 1.29 is 97.1 Å². The van der Waals surface area contributed by atoms with Gasteiger partial charge < -0.3 is 0 Å². The van der Waals surface area contributed by atoms with Gasteiger partial charge in [0.15, 0.2) is 0 Å². The summed E-state index contributed by atoms with van der Waals surface area (Å²) in [4.78, 5) is 0. The van der Waals surface area contributed by atoms with Crippen LogP contribution in [0.1, 0.15) is 0 Å². The summed E-state index contributed by atoms with van der Waals surface area (Å²) in [6.07, 6.45) is -35.3. The predicted molar refractivity (Wildman–Crippen MR) is 43.2 cm³/mol. The van der Waals surface area contributed by atoms with Crippen LogP contribution in [0.25, 0.3) is 0 Å². The fraction of sp³-hybridized carbons (Fsp3) is 1.00. The summed E-state index contributed by atoms with van der Waals surface area (Å²) in [5.41, 5.74) is 0. The van der Waals surface area contributed by atoms with E-state index in [9.17, 15) is 78.3 Å². The standard InChI is InChI=1S/C6F18P.Li/c7-1(3(9,10)11,4(12,13)14)25(21,22,23,24)2(8,5(15,16)17)6(18,19)20;/q-1;+1. The minimum Gasteiger partial charge on any atom is 1.00 e. The van der Waals surface area contributed by atoms with Crippen molar-refractivity contribution in [3.8, 4) is 0 Å². The predicted octanol–water partition coefficient (Wildman–Crippen LogP) is 4.20. The third-order valence-electron chi connectivity index (χ3n) is 2.74. The monoisotopic (exact) mass is 452 g/mol. The van der Waals surface area contributed by atoms with Crippen LogP contribution in [0.2, 0.25) is 0 Å². The van der Waals surface area contributed by atoms with Crippen molar-refractivity contribution in [2.45, 2.75) is 35.5 Å². The summed E-state index contributed by atoms with van der Waals surface area (Å²) in [5.74, 6) is 0. The van der Waals surface area contributed by atoms with Crippen molar-refractivity contribution in [1.29, 1.82) is 0 Å². The number of hydrogen-bond acceptors (Lipinski definition) is 0. The largest absolute Gasteiger partial charge is 1.00 e. The van der Waals surface area contributed by atoms with E-state index in [1.807, 2.05) is 0 Å². The Kier molecular flexibility index (Phi) is 5.84. The molecule has 0 saturated carbocycles. The Morgan fingerprint density at radius 1 is 0.346 bits per heavy atom. The second-order valence-corrected chi connectivity index (χ2v) is 7.98. The van der Waals surface area contributed by atoms with Crippen molar-refractivity contribution in [3.63, 3.8) is 0 Å². The molecule has 0 aliphatic carbocycles. The quantitative estimate of drug-likeness (QED) is 0.335. The minimum atomic E-state index is -14.9. The average molecular weight is 452 g/mol. The van der Waals surface area contributed by atoms with Crippen LogP contribution in [-0.4, -0.2) is 35.5 Å². The topological polar surface area (TPSA) is 0 Å². The summed E-state index contributed by atoms with van der Waals surface area (Å²) < 4.78 is 222. The van der Waals surface area contributed by atoms with Crippen molar-refractivity contribution in [2.24, 2.45) is 0 Å². The maximum atomic E-state index is 13.1. The van der Waals surface area contributed by atoms with Crippen LogP contribution in [0, 0.1) is 0 Å². The van der Waals surface area contributed by atoms with Crippen molar-refractivity contribution >= 4 is 7.19 Å². The van der Waals surface area contributed by atoms with E-state index in [1.54, 1.807) is 0 Å². The van der Waals surface area contributed by atoms with Crippen LogP contribution in [0.4, 0.5) is 78.3 Å². The Balaban J connectivity index is 0. The Morgan fingerprint density at radius 2 is 0.462 bits per heavy atom. The second-order valence-electron chi connectivity index (χ2n) is 4.41. The number of rotatable bonds is 2. The minimum absolute atomic E-state index is 0. The molecule has 0 radical (unpaired) electrons. The van der Waals surface area contributed by atoms with Gasteiger partial charge in [0.25, 0.3) is 0 Å². The Labute approximate surface area is 141 Å². The van der Waals surface area contributed by atoms with Crippen molar-refractivity contribution in [1.82, 2.24) is 0 Å². The zero-order chi connectivity index (χ0) is 21.4. The van der Waals surface area contributed by atoms with Gasteiger partial charge in [-0.3, -0.25) is 0 Å². The molecule has 0 unspecified atom stereocenters. The molecule has 0 aromatic heterocycles. The second kappa shape index (κ2) is 5.43. The molecule has 0 heterocycles. The summed E-state index contributed by atoms with van der Waals surface area (Å²) in [7, 11) is -14.9. The fourth-order valence-corrected chi connectivity index (χ4v) is 4.02. The SMILES string of the molecule is FC(F)(F)C(F)(C(F)(F)F)[P-](F)(F)(F)(F)C(F)(C(F)(F)F)C(F)(F)F.[Li+]. The number of hydrogen-bond donors (Lipinski definition) is 0. The Bertz CT molecular complexity index is 465. The zero-order valence-electron chi connectivity index (χ0n) is 11.3. The van der Waals surface area contributed by atoms with Gasteiger partial charge in [0, 0.05) is 0 Å². The summed E-state index contributed by atoms with van der Waals surface area (Å²) in [6, 6.07) is 0. The van der Waals surface area contributed by atoms with Crippen LogP contribution < -0.4 is 18.9 Å². The van der Waals surface area contributed by atoms with Crippen LogP contribution in [0.3, 0.4) is 0 Å². The van der Waals surface area contributed by atoms with Gasteiger partial charge in [-0.05, 0) is 0 Å². The third kappa shape index (κ3) is 2.85. The van der Waals surface area contributed by atoms with Gasteiger partial charge in [0.05, 0.1) is 0 Å². The van der Waals surface area contributed by atoms with Gasteiger partial charge in [-0.15, -0.1) is 0 Å². The molecule has 26 heavy (non-hydrogen) atoms. The Morgan fingerprint density at radius 3 is 0.538 bits per heavy atom. The van der Waals surface area contributed by atoms with Gasteiger partial charge in [-0.25, -0.2) is 0 Å². The summed E-state index contributed by atoms with van der Waals surface area (Å²) in [5, 5.41) is -19.6. The smallest absolute Gasteiger partial charge is 1.00 e. The van der Waals surface area contributed by atoms with E-state index in [1.165, 1.54) is 0 Å². The average Bonchev–Trinajstić information content (AvgIpc) is 2.18. The van der Waals surface area contributed by atoms with Gasteiger partial charge in [0.1, 0.15) is 0 Å². The first-order valence-corrected chi connectivity index (χ1v) is 7.02. The van der Waals surface area contributed by atoms with Crippen LogP contribution >= 0.6 is 7.19 Å². The molecule has 0 aliphatic heterocycles. The molecular weight excluding hydrogens is 452 g/mol. The molecule has 0 saturated heterocycles. The van der Waals surface area contributed by atoms with E-state index in [-0.39, 0.29) is 18.9 Å². The molecule has 0 spiro atoms. The van der Waals surface area contributed by atoms with E-state index < -0.39 is 42.7 Å². The number of alkyl halides is 14. The molecule has 0 N–H and O–H groups in total. The summed E-state index contributed by atoms with van der Waals surface area (Å²) >= 11 is 0. The first-order valence-electron chi connectivity index (χ1n) is 4.77. The van der Waals surface area contributed by atoms with E-state index in [0.29, 0.717) is 0 Å². The van der Waals surface area contributed by atoms with Gasteiger partial charge in [-0.2, -0.15) is 0 Å². The molecule has 0 aromatic rings. The molecule has 0 aromatic carbocycles. The molecule has 0 rings (SSSR count). The van der Waals surface area contributed by atoms with E-state index in [4.69, 9.17) is 0 Å². The first-order chi connectivity index (χ1) is 10.0. The maximum absolute atomic E-state index is 14.9. The molecule has 0 fully saturated rings. The Hall–Kier alpha value is -0.233. The van der Waals surface area contributed by atoms with E-state index in [2.05, 4.69) is 0 Å². The fourth-order valence-electron chi connectivity index (χ4n) is 1.55. The molecule has 0 aliphatic rings. The van der Waals surface area contributed by atoms with Gasteiger partial charge in [-0.1, -0.05) is 0 Å². The van der Waals surface area contributed by atoms with E-state index in [0.717, 1.165) is 0 Å². The first kappa shape index (κ1) is 28.0. The van der Waals surface area contributed by atoms with Gasteiger partial charge in [0.2, 0.25) is 0 Å². The molecule has 156 valence electrons. The van der Waals surface area contributed by atoms with Crippen LogP contribution in [0.15, 0.2) is 0 Å². The molecule has 0 atom stereocenters. The van der Waals surface area contributed by atoms with Crippen molar-refractivity contribution in [3.05, 3.63) is 0 Å². The van der Waals surface area contributed by atoms with Crippen LogP contribution in [-0.2, 0) is 0 Å². The normalized spacial score (nSPS) is 18.7. The van der Waals surface area contributed by atoms with Crippen molar-refractivity contribution in [2.75, 3.05) is 0 Å². The van der Waals surface area contributed by atoms with Gasteiger partial charge >= 0.3 is 140 Å². The molecule has 0 nitrogen and oxygen atoms in total. The maximum Gasteiger partial charge on any atom is 1.00 e. The molecule has 20 heteroatoms. The zero-order valence-corrected chi connectivity index (χ0v) is 12.1. The molecular formula is C6F18LiP. The molecule has 0 bridgehead atoms. The summed E-state index contributed by atoms with van der Waals surface area (Å²) in [6.45, 7) is 0. The number of halogens is 18. The van der Waals surface area contributed by atoms with E-state index >= 15 is 0 Å². The third-order valence-corrected chi connectivity index (χ3v) is 6.24. The molecule has 0 amide bonds. The van der Waals surface area contributed by atoms with Crippen LogP contribution in [0.5, 0.6) is 0 Å².